The Hall–Kier alpha value is -1.32. The summed E-state index contributed by atoms with van der Waals surface area (Å²) >= 11 is 1.77. The molecule has 0 spiro atoms. The van der Waals surface area contributed by atoms with Crippen molar-refractivity contribution in [3.63, 3.8) is 0 Å². The smallest absolute Gasteiger partial charge is 0.119 e. The predicted octanol–water partition coefficient (Wildman–Crippen LogP) is 3.26. The maximum Gasteiger partial charge on any atom is 0.119 e. The van der Waals surface area contributed by atoms with E-state index in [1.165, 1.54) is 10.4 Å². The number of hydrogen-bond acceptors (Lipinski definition) is 3. The lowest BCUT2D eigenvalue weighted by Gasteiger charge is -2.11. The van der Waals surface area contributed by atoms with Gasteiger partial charge in [0, 0.05) is 10.9 Å². The van der Waals surface area contributed by atoms with Crippen molar-refractivity contribution in [3.05, 3.63) is 52.2 Å². The van der Waals surface area contributed by atoms with Gasteiger partial charge in [0.05, 0.1) is 6.61 Å². The molecule has 1 aromatic heterocycles. The van der Waals surface area contributed by atoms with E-state index >= 15 is 0 Å². The molecule has 0 aliphatic heterocycles. The molecule has 0 radical (unpaired) electrons. The van der Waals surface area contributed by atoms with E-state index in [9.17, 15) is 0 Å². The summed E-state index contributed by atoms with van der Waals surface area (Å²) in [5.41, 5.74) is 7.44. The number of benzene rings is 1. The molecule has 1 aromatic carbocycles. The molecule has 1 heterocycles. The molecule has 0 aliphatic rings. The van der Waals surface area contributed by atoms with Gasteiger partial charge in [0.25, 0.3) is 0 Å². The minimum Gasteiger partial charge on any atom is -0.494 e. The normalized spacial score (nSPS) is 12.3. The topological polar surface area (TPSA) is 35.2 Å². The summed E-state index contributed by atoms with van der Waals surface area (Å²) in [4.78, 5) is 1.36. The van der Waals surface area contributed by atoms with Crippen LogP contribution in [-0.4, -0.2) is 12.6 Å². The molecular formula is C15H19NOS. The van der Waals surface area contributed by atoms with Crippen LogP contribution < -0.4 is 10.5 Å². The van der Waals surface area contributed by atoms with Crippen molar-refractivity contribution in [1.29, 1.82) is 0 Å². The number of ether oxygens (including phenoxy) is 1. The highest BCUT2D eigenvalue weighted by atomic mass is 32.1. The van der Waals surface area contributed by atoms with E-state index in [-0.39, 0.29) is 6.04 Å². The van der Waals surface area contributed by atoms with Gasteiger partial charge in [0.1, 0.15) is 5.75 Å². The van der Waals surface area contributed by atoms with Gasteiger partial charge in [-0.15, -0.1) is 11.3 Å². The standard InChI is InChI=1S/C15H19NOS/c1-2-17-14-7-5-12(6-8-14)10-13(16)11-15-4-3-9-18-15/h3-9,13H,2,10-11,16H2,1H3. The molecule has 0 saturated heterocycles. The summed E-state index contributed by atoms with van der Waals surface area (Å²) < 4.78 is 5.42. The Balaban J connectivity index is 1.88. The minimum atomic E-state index is 0.182. The van der Waals surface area contributed by atoms with E-state index in [4.69, 9.17) is 10.5 Å². The third-order valence-corrected chi connectivity index (χ3v) is 3.67. The molecule has 18 heavy (non-hydrogen) atoms. The lowest BCUT2D eigenvalue weighted by Crippen LogP contribution is -2.25. The molecule has 2 aromatic rings. The second-order valence-electron chi connectivity index (χ2n) is 4.32. The van der Waals surface area contributed by atoms with Gasteiger partial charge in [-0.05, 0) is 48.9 Å². The largest absolute Gasteiger partial charge is 0.494 e. The highest BCUT2D eigenvalue weighted by molar-refractivity contribution is 7.09. The van der Waals surface area contributed by atoms with Crippen LogP contribution in [0.2, 0.25) is 0 Å². The molecule has 0 fully saturated rings. The fourth-order valence-corrected chi connectivity index (χ4v) is 2.75. The molecule has 96 valence electrons. The summed E-state index contributed by atoms with van der Waals surface area (Å²) in [6, 6.07) is 12.6. The molecule has 3 heteroatoms. The van der Waals surface area contributed by atoms with Crippen LogP contribution in [0.3, 0.4) is 0 Å². The van der Waals surface area contributed by atoms with Crippen molar-refractivity contribution < 1.29 is 4.74 Å². The average molecular weight is 261 g/mol. The molecule has 0 aliphatic carbocycles. The highest BCUT2D eigenvalue weighted by Gasteiger charge is 2.06. The molecule has 2 nitrogen and oxygen atoms in total. The van der Waals surface area contributed by atoms with Gasteiger partial charge in [-0.3, -0.25) is 0 Å². The van der Waals surface area contributed by atoms with Crippen LogP contribution in [0.5, 0.6) is 5.75 Å². The van der Waals surface area contributed by atoms with E-state index < -0.39 is 0 Å². The van der Waals surface area contributed by atoms with Crippen LogP contribution in [0.25, 0.3) is 0 Å². The molecule has 0 bridgehead atoms. The van der Waals surface area contributed by atoms with Crippen LogP contribution >= 0.6 is 11.3 Å². The van der Waals surface area contributed by atoms with Gasteiger partial charge in [-0.1, -0.05) is 18.2 Å². The Bertz CT molecular complexity index is 450. The number of thiophene rings is 1. The summed E-state index contributed by atoms with van der Waals surface area (Å²) in [6.07, 6.45) is 1.86. The Labute approximate surface area is 112 Å². The molecule has 1 unspecified atom stereocenters. The monoisotopic (exact) mass is 261 g/mol. The maximum atomic E-state index is 6.17. The van der Waals surface area contributed by atoms with Crippen molar-refractivity contribution in [3.8, 4) is 5.75 Å². The van der Waals surface area contributed by atoms with E-state index in [2.05, 4.69) is 29.6 Å². The quantitative estimate of drug-likeness (QED) is 0.866. The molecular weight excluding hydrogens is 242 g/mol. The van der Waals surface area contributed by atoms with Crippen LogP contribution in [0.4, 0.5) is 0 Å². The first-order valence-corrected chi connectivity index (χ1v) is 7.15. The number of hydrogen-bond donors (Lipinski definition) is 1. The second-order valence-corrected chi connectivity index (χ2v) is 5.36. The SMILES string of the molecule is CCOc1ccc(CC(N)Cc2cccs2)cc1. The Morgan fingerprint density at radius 3 is 2.56 bits per heavy atom. The molecule has 0 saturated carbocycles. The molecule has 0 amide bonds. The summed E-state index contributed by atoms with van der Waals surface area (Å²) in [7, 11) is 0. The zero-order chi connectivity index (χ0) is 12.8. The first kappa shape index (κ1) is 13.1. The first-order chi connectivity index (χ1) is 8.78. The van der Waals surface area contributed by atoms with E-state index in [0.29, 0.717) is 6.61 Å². The first-order valence-electron chi connectivity index (χ1n) is 6.27. The third-order valence-electron chi connectivity index (χ3n) is 2.78. The maximum absolute atomic E-state index is 6.17. The number of rotatable bonds is 6. The van der Waals surface area contributed by atoms with Crippen LogP contribution in [0, 0.1) is 0 Å². The fourth-order valence-electron chi connectivity index (χ4n) is 1.95. The summed E-state index contributed by atoms with van der Waals surface area (Å²) in [5.74, 6) is 0.924. The van der Waals surface area contributed by atoms with Crippen LogP contribution in [0.1, 0.15) is 17.4 Å². The van der Waals surface area contributed by atoms with Crippen molar-refractivity contribution in [2.24, 2.45) is 5.73 Å². The lowest BCUT2D eigenvalue weighted by atomic mass is 10.0. The van der Waals surface area contributed by atoms with Gasteiger partial charge in [0.15, 0.2) is 0 Å². The average Bonchev–Trinajstić information content (AvgIpc) is 2.84. The van der Waals surface area contributed by atoms with E-state index in [0.717, 1.165) is 18.6 Å². The molecule has 2 N–H and O–H groups in total. The van der Waals surface area contributed by atoms with Gasteiger partial charge in [-0.25, -0.2) is 0 Å². The van der Waals surface area contributed by atoms with Gasteiger partial charge in [0.2, 0.25) is 0 Å². The van der Waals surface area contributed by atoms with Gasteiger partial charge >= 0.3 is 0 Å². The van der Waals surface area contributed by atoms with Crippen molar-refractivity contribution in [2.45, 2.75) is 25.8 Å². The Kier molecular flexibility index (Phi) is 4.79. The van der Waals surface area contributed by atoms with Crippen molar-refractivity contribution in [1.82, 2.24) is 0 Å². The zero-order valence-electron chi connectivity index (χ0n) is 10.6. The third kappa shape index (κ3) is 3.86. The molecule has 2 rings (SSSR count). The summed E-state index contributed by atoms with van der Waals surface area (Å²) in [5, 5.41) is 2.10. The highest BCUT2D eigenvalue weighted by Crippen LogP contribution is 2.15. The second kappa shape index (κ2) is 6.57. The van der Waals surface area contributed by atoms with E-state index in [1.54, 1.807) is 11.3 Å². The molecule has 1 atom stereocenters. The Morgan fingerprint density at radius 2 is 1.94 bits per heavy atom. The van der Waals surface area contributed by atoms with Gasteiger partial charge in [-0.2, -0.15) is 0 Å². The Morgan fingerprint density at radius 1 is 1.17 bits per heavy atom. The number of nitrogens with two attached hydrogens (primary N) is 1. The lowest BCUT2D eigenvalue weighted by molar-refractivity contribution is 0.340. The predicted molar refractivity (Wildman–Crippen MR) is 77.3 cm³/mol. The zero-order valence-corrected chi connectivity index (χ0v) is 11.5. The van der Waals surface area contributed by atoms with E-state index in [1.807, 2.05) is 19.1 Å². The van der Waals surface area contributed by atoms with Crippen LogP contribution in [0.15, 0.2) is 41.8 Å². The van der Waals surface area contributed by atoms with Crippen molar-refractivity contribution in [2.75, 3.05) is 6.61 Å². The van der Waals surface area contributed by atoms with Crippen molar-refractivity contribution >= 4 is 11.3 Å². The fraction of sp³-hybridized carbons (Fsp3) is 0.333. The summed E-state index contributed by atoms with van der Waals surface area (Å²) in [6.45, 7) is 2.70. The minimum absolute atomic E-state index is 0.182. The van der Waals surface area contributed by atoms with Gasteiger partial charge < -0.3 is 10.5 Å². The van der Waals surface area contributed by atoms with Crippen LogP contribution in [-0.2, 0) is 12.8 Å².